The summed E-state index contributed by atoms with van der Waals surface area (Å²) < 4.78 is 2.13. The zero-order valence-electron chi connectivity index (χ0n) is 22.9. The molecule has 10 nitrogen and oxygen atoms in total. The molecular formula is C30H26BrN7O3. The van der Waals surface area contributed by atoms with Gasteiger partial charge in [-0.3, -0.25) is 19.1 Å². The number of ketones is 1. The lowest BCUT2D eigenvalue weighted by Crippen LogP contribution is -2.50. The number of nitrogens with zero attached hydrogens (tertiary/aromatic N) is 6. The van der Waals surface area contributed by atoms with Gasteiger partial charge in [0.15, 0.2) is 5.78 Å². The summed E-state index contributed by atoms with van der Waals surface area (Å²) in [6.45, 7) is 6.99. The molecule has 2 amide bonds. The Morgan fingerprint density at radius 2 is 1.88 bits per heavy atom. The van der Waals surface area contributed by atoms with E-state index < -0.39 is 11.5 Å². The topological polar surface area (TPSA) is 123 Å². The number of hydrogen-bond acceptors (Lipinski definition) is 7. The second-order valence-corrected chi connectivity index (χ2v) is 11.6. The van der Waals surface area contributed by atoms with E-state index in [-0.39, 0.29) is 35.9 Å². The van der Waals surface area contributed by atoms with E-state index >= 15 is 0 Å². The molecule has 41 heavy (non-hydrogen) atoms. The van der Waals surface area contributed by atoms with E-state index in [9.17, 15) is 14.4 Å². The quantitative estimate of drug-likeness (QED) is 0.198. The summed E-state index contributed by atoms with van der Waals surface area (Å²) in [5.74, 6) is 6.44. The van der Waals surface area contributed by atoms with E-state index in [1.165, 1.54) is 11.6 Å². The van der Waals surface area contributed by atoms with Crippen molar-refractivity contribution >= 4 is 50.2 Å². The summed E-state index contributed by atoms with van der Waals surface area (Å²) in [5.41, 5.74) is 3.00. The summed E-state index contributed by atoms with van der Waals surface area (Å²) in [5, 5.41) is 8.02. The lowest BCUT2D eigenvalue weighted by molar-refractivity contribution is -0.138. The molecule has 0 saturated carbocycles. The molecule has 206 valence electrons. The number of hydrogen-bond donors (Lipinski definition) is 1. The van der Waals surface area contributed by atoms with Crippen molar-refractivity contribution in [2.75, 3.05) is 5.32 Å². The van der Waals surface area contributed by atoms with Gasteiger partial charge in [0.1, 0.15) is 40.6 Å². The number of benzene rings is 1. The smallest absolute Gasteiger partial charge is 0.248 e. The van der Waals surface area contributed by atoms with Crippen LogP contribution in [0.15, 0.2) is 47.3 Å². The highest BCUT2D eigenvalue weighted by atomic mass is 79.9. The molecule has 3 aromatic heterocycles. The standard InChI is InChI=1S/C30H26BrN7O3/c1-16-9-25(31)34-26(10-16)35-29(41)23-12-30(4)8-7-24(30)38(23)27(40)15-37-22-6-5-19(20-13-32-18(3)33-14-20)11-21(22)28(36-37)17(2)39/h5-6,9-11,13-14,23-24H,12,15H2,1-4H3,(H,34,35,41)/t23-,24+,30+/m0/s1. The highest BCUT2D eigenvalue weighted by Crippen LogP contribution is 2.45. The number of fused-ring (bicyclic) bond motifs is 2. The fraction of sp³-hybridized carbons (Fsp3) is 0.300. The van der Waals surface area contributed by atoms with Gasteiger partial charge in [-0.15, -0.1) is 0 Å². The van der Waals surface area contributed by atoms with Crippen LogP contribution in [0, 0.1) is 31.1 Å². The number of aryl methyl sites for hydroxylation is 2. The highest BCUT2D eigenvalue weighted by molar-refractivity contribution is 9.10. The molecule has 6 rings (SSSR count). The number of halogens is 1. The number of carbonyl (C=O) groups is 3. The lowest BCUT2D eigenvalue weighted by atomic mass is 9.76. The van der Waals surface area contributed by atoms with Crippen LogP contribution in [0.2, 0.25) is 0 Å². The van der Waals surface area contributed by atoms with E-state index in [1.807, 2.05) is 45.0 Å². The van der Waals surface area contributed by atoms with Crippen LogP contribution in [0.25, 0.3) is 22.0 Å². The molecule has 1 aromatic carbocycles. The Bertz CT molecular complexity index is 1800. The van der Waals surface area contributed by atoms with Gasteiger partial charge >= 0.3 is 0 Å². The van der Waals surface area contributed by atoms with Crippen LogP contribution >= 0.6 is 15.9 Å². The fourth-order valence-electron chi connectivity index (χ4n) is 5.53. The number of carbonyl (C=O) groups excluding carboxylic acids is 3. The average molecular weight is 612 g/mol. The average Bonchev–Trinajstić information content (AvgIpc) is 3.36. The molecule has 0 bridgehead atoms. The van der Waals surface area contributed by atoms with Gasteiger partial charge in [-0.05, 0) is 78.5 Å². The molecule has 0 radical (unpaired) electrons. The fourth-order valence-corrected chi connectivity index (χ4v) is 6.08. The summed E-state index contributed by atoms with van der Waals surface area (Å²) in [7, 11) is 0. The van der Waals surface area contributed by atoms with Crippen LogP contribution < -0.4 is 5.32 Å². The first-order valence-electron chi connectivity index (χ1n) is 13.1. The summed E-state index contributed by atoms with van der Waals surface area (Å²) in [4.78, 5) is 54.3. The van der Waals surface area contributed by atoms with Gasteiger partial charge in [0, 0.05) is 30.3 Å². The van der Waals surface area contributed by atoms with Crippen LogP contribution in [0.5, 0.6) is 0 Å². The van der Waals surface area contributed by atoms with Gasteiger partial charge in [-0.1, -0.05) is 17.9 Å². The highest BCUT2D eigenvalue weighted by Gasteiger charge is 2.55. The Balaban J connectivity index is 1.31. The third-order valence-corrected chi connectivity index (χ3v) is 8.00. The second-order valence-electron chi connectivity index (χ2n) is 10.8. The minimum Gasteiger partial charge on any atom is -0.314 e. The molecule has 1 fully saturated rings. The molecule has 4 heterocycles. The van der Waals surface area contributed by atoms with Crippen LogP contribution in [-0.2, 0) is 16.1 Å². The molecule has 0 unspecified atom stereocenters. The van der Waals surface area contributed by atoms with Crippen LogP contribution in [0.1, 0.15) is 42.1 Å². The van der Waals surface area contributed by atoms with Crippen molar-refractivity contribution in [1.82, 2.24) is 29.6 Å². The van der Waals surface area contributed by atoms with Crippen molar-refractivity contribution < 1.29 is 14.4 Å². The first-order valence-corrected chi connectivity index (χ1v) is 13.9. The first kappa shape index (κ1) is 26.8. The molecular weight excluding hydrogens is 586 g/mol. The Hall–Kier alpha value is -4.43. The molecule has 1 aliphatic carbocycles. The first-order chi connectivity index (χ1) is 19.5. The predicted octanol–water partition coefficient (Wildman–Crippen LogP) is 4.10. The Labute approximate surface area is 244 Å². The van der Waals surface area contributed by atoms with Crippen molar-refractivity contribution in [3.8, 4) is 23.0 Å². The normalized spacial score (nSPS) is 20.7. The summed E-state index contributed by atoms with van der Waals surface area (Å²) >= 11 is 3.36. The third kappa shape index (κ3) is 4.78. The number of pyridine rings is 1. The van der Waals surface area contributed by atoms with Crippen molar-refractivity contribution in [3.05, 3.63) is 64.4 Å². The molecule has 11 heteroatoms. The lowest BCUT2D eigenvalue weighted by Gasteiger charge is -2.34. The monoisotopic (exact) mass is 611 g/mol. The van der Waals surface area contributed by atoms with Crippen LogP contribution in [-0.4, -0.2) is 59.3 Å². The summed E-state index contributed by atoms with van der Waals surface area (Å²) in [6, 6.07) is 8.07. The van der Waals surface area contributed by atoms with Gasteiger partial charge in [-0.2, -0.15) is 5.10 Å². The molecule has 4 aromatic rings. The van der Waals surface area contributed by atoms with Gasteiger partial charge < -0.3 is 10.2 Å². The maximum Gasteiger partial charge on any atom is 0.248 e. The predicted molar refractivity (Wildman–Crippen MR) is 156 cm³/mol. The van der Waals surface area contributed by atoms with Gasteiger partial charge in [0.2, 0.25) is 11.8 Å². The van der Waals surface area contributed by atoms with E-state index in [2.05, 4.69) is 53.1 Å². The minimum atomic E-state index is -0.747. The van der Waals surface area contributed by atoms with E-state index in [0.717, 1.165) is 16.7 Å². The number of nitrogens with one attached hydrogen (secondary N) is 1. The van der Waals surface area contributed by atoms with Crippen LogP contribution in [0.4, 0.5) is 5.82 Å². The maximum absolute atomic E-state index is 13.9. The number of rotatable bonds is 6. The van der Waals surface area contributed by atoms with Gasteiger partial charge in [0.05, 0.1) is 10.9 Å². The zero-order chi connectivity index (χ0) is 29.1. The van der Waals surface area contributed by atoms with Crippen molar-refractivity contribution in [2.45, 2.75) is 52.7 Å². The van der Waals surface area contributed by atoms with Crippen molar-refractivity contribution in [3.63, 3.8) is 0 Å². The molecule has 1 N–H and O–H groups in total. The molecule has 0 spiro atoms. The second kappa shape index (κ2) is 9.89. The number of anilines is 1. The molecule has 1 saturated heterocycles. The minimum absolute atomic E-state index is 0.150. The third-order valence-electron chi connectivity index (χ3n) is 7.59. The maximum atomic E-state index is 13.9. The number of likely N-dealkylation sites (tertiary alicyclic amines) is 1. The Kier molecular flexibility index (Phi) is 6.46. The van der Waals surface area contributed by atoms with E-state index in [0.29, 0.717) is 33.6 Å². The number of amides is 2. The van der Waals surface area contributed by atoms with Gasteiger partial charge in [0.25, 0.3) is 0 Å². The number of Topliss-reactive ketones (excluding diaryl/α,β-unsaturated/α-hetero) is 1. The van der Waals surface area contributed by atoms with Crippen LogP contribution in [0.3, 0.4) is 0 Å². The van der Waals surface area contributed by atoms with E-state index in [1.54, 1.807) is 23.4 Å². The Morgan fingerprint density at radius 1 is 1.12 bits per heavy atom. The SMILES string of the molecule is CC(=O)c1nn(CC(=O)N2[C@H](C(=O)Nc3cc(C)cc(Br)n3)C[C@@]3(C)C#C[C@@H]23)c2ccc(-c3cnc(C)nc3)cc12. The van der Waals surface area contributed by atoms with Crippen molar-refractivity contribution in [2.24, 2.45) is 5.41 Å². The summed E-state index contributed by atoms with van der Waals surface area (Å²) in [6.07, 6.45) is 3.87. The van der Waals surface area contributed by atoms with E-state index in [4.69, 9.17) is 0 Å². The molecule has 2 aliphatic rings. The zero-order valence-corrected chi connectivity index (χ0v) is 24.5. The van der Waals surface area contributed by atoms with Crippen molar-refractivity contribution in [1.29, 1.82) is 0 Å². The molecule has 1 aliphatic heterocycles. The Morgan fingerprint density at radius 3 is 2.54 bits per heavy atom. The molecule has 3 atom stereocenters. The van der Waals surface area contributed by atoms with Gasteiger partial charge in [-0.25, -0.2) is 15.0 Å². The number of aromatic nitrogens is 5. The largest absolute Gasteiger partial charge is 0.314 e.